The van der Waals surface area contributed by atoms with Crippen molar-refractivity contribution < 1.29 is 9.53 Å². The fourth-order valence-corrected chi connectivity index (χ4v) is 4.01. The zero-order valence-electron chi connectivity index (χ0n) is 15.0. The van der Waals surface area contributed by atoms with Crippen molar-refractivity contribution in [2.24, 2.45) is 0 Å². The van der Waals surface area contributed by atoms with Crippen molar-refractivity contribution in [3.05, 3.63) is 66.3 Å². The van der Waals surface area contributed by atoms with Crippen LogP contribution in [-0.4, -0.2) is 38.3 Å². The molecule has 0 saturated heterocycles. The molecular weight excluding hydrogens is 394 g/mol. The van der Waals surface area contributed by atoms with Crippen molar-refractivity contribution in [2.45, 2.75) is 5.16 Å². The second-order valence-corrected chi connectivity index (χ2v) is 7.61. The summed E-state index contributed by atoms with van der Waals surface area (Å²) in [6.45, 7) is 0. The minimum atomic E-state index is -0.116. The number of carbonyl (C=O) groups excluding carboxylic acids is 1. The molecule has 0 aliphatic heterocycles. The van der Waals surface area contributed by atoms with Crippen LogP contribution in [0, 0.1) is 0 Å². The van der Waals surface area contributed by atoms with Gasteiger partial charge in [0, 0.05) is 18.1 Å². The Hall–Kier alpha value is -3.04. The SMILES string of the molecule is COc1ccc(NC(=O)CSc2nnc(-c3cccs3)n2-n2cccc2)cc1. The van der Waals surface area contributed by atoms with Crippen LogP contribution in [0.4, 0.5) is 5.69 Å². The van der Waals surface area contributed by atoms with Crippen LogP contribution in [0.15, 0.2) is 71.5 Å². The van der Waals surface area contributed by atoms with Crippen LogP contribution in [0.25, 0.3) is 10.7 Å². The summed E-state index contributed by atoms with van der Waals surface area (Å²) < 4.78 is 8.93. The van der Waals surface area contributed by atoms with Gasteiger partial charge in [0.15, 0.2) is 5.82 Å². The van der Waals surface area contributed by atoms with Gasteiger partial charge in [0.2, 0.25) is 11.1 Å². The maximum Gasteiger partial charge on any atom is 0.234 e. The number of rotatable bonds is 7. The molecule has 0 radical (unpaired) electrons. The maximum absolute atomic E-state index is 12.3. The first-order chi connectivity index (χ1) is 13.7. The standard InChI is InChI=1S/C19H17N5O2S2/c1-26-15-8-6-14(7-9-15)20-17(25)13-28-19-22-21-18(16-5-4-12-27-16)24(19)23-10-2-3-11-23/h2-12H,13H2,1H3,(H,20,25). The lowest BCUT2D eigenvalue weighted by Gasteiger charge is -2.10. The van der Waals surface area contributed by atoms with Crippen LogP contribution in [0.3, 0.4) is 0 Å². The molecule has 0 saturated carbocycles. The van der Waals surface area contributed by atoms with Crippen molar-refractivity contribution >= 4 is 34.7 Å². The minimum absolute atomic E-state index is 0.116. The topological polar surface area (TPSA) is 74.0 Å². The van der Waals surface area contributed by atoms with Crippen molar-refractivity contribution in [3.8, 4) is 16.5 Å². The number of thioether (sulfide) groups is 1. The third kappa shape index (κ3) is 3.95. The summed E-state index contributed by atoms with van der Waals surface area (Å²) in [4.78, 5) is 13.4. The van der Waals surface area contributed by atoms with Crippen molar-refractivity contribution in [1.82, 2.24) is 19.5 Å². The number of carbonyl (C=O) groups is 1. The molecule has 1 N–H and O–H groups in total. The second-order valence-electron chi connectivity index (χ2n) is 5.72. The molecule has 142 valence electrons. The summed E-state index contributed by atoms with van der Waals surface area (Å²) in [7, 11) is 1.61. The number of aromatic nitrogens is 4. The molecule has 1 aromatic carbocycles. The quantitative estimate of drug-likeness (QED) is 0.468. The number of ether oxygens (including phenoxy) is 1. The summed E-state index contributed by atoms with van der Waals surface area (Å²) in [5, 5.41) is 14.1. The number of anilines is 1. The van der Waals surface area contributed by atoms with Gasteiger partial charge >= 0.3 is 0 Å². The average Bonchev–Trinajstić information content (AvgIpc) is 3.47. The largest absolute Gasteiger partial charge is 0.497 e. The monoisotopic (exact) mass is 411 g/mol. The van der Waals surface area contributed by atoms with Crippen LogP contribution < -0.4 is 10.1 Å². The molecule has 3 aromatic heterocycles. The van der Waals surface area contributed by atoms with E-state index in [1.165, 1.54) is 11.8 Å². The first kappa shape index (κ1) is 18.3. The molecule has 1 amide bonds. The first-order valence-electron chi connectivity index (χ1n) is 8.44. The smallest absolute Gasteiger partial charge is 0.234 e. The predicted molar refractivity (Wildman–Crippen MR) is 111 cm³/mol. The molecule has 0 atom stereocenters. The number of hydrogen-bond donors (Lipinski definition) is 1. The Morgan fingerprint density at radius 2 is 1.93 bits per heavy atom. The number of amides is 1. The Morgan fingerprint density at radius 3 is 2.61 bits per heavy atom. The molecule has 3 heterocycles. The molecule has 4 rings (SSSR count). The van der Waals surface area contributed by atoms with Gasteiger partial charge in [0.05, 0.1) is 17.7 Å². The highest BCUT2D eigenvalue weighted by atomic mass is 32.2. The van der Waals surface area contributed by atoms with Crippen LogP contribution >= 0.6 is 23.1 Å². The second kappa shape index (κ2) is 8.32. The Balaban J connectivity index is 1.49. The highest BCUT2D eigenvalue weighted by Gasteiger charge is 2.17. The van der Waals surface area contributed by atoms with Crippen molar-refractivity contribution in [3.63, 3.8) is 0 Å². The summed E-state index contributed by atoms with van der Waals surface area (Å²) in [5.41, 5.74) is 0.720. The summed E-state index contributed by atoms with van der Waals surface area (Å²) in [5.74, 6) is 1.59. The summed E-state index contributed by atoms with van der Waals surface area (Å²) in [6.07, 6.45) is 3.84. The van der Waals surface area contributed by atoms with Crippen LogP contribution in [-0.2, 0) is 4.79 Å². The van der Waals surface area contributed by atoms with Crippen LogP contribution in [0.1, 0.15) is 0 Å². The first-order valence-corrected chi connectivity index (χ1v) is 10.3. The number of hydrogen-bond acceptors (Lipinski definition) is 6. The molecule has 0 bridgehead atoms. The highest BCUT2D eigenvalue weighted by Crippen LogP contribution is 2.27. The lowest BCUT2D eigenvalue weighted by atomic mass is 10.3. The molecule has 0 aliphatic rings. The van der Waals surface area contributed by atoms with E-state index >= 15 is 0 Å². The van der Waals surface area contributed by atoms with Gasteiger partial charge in [-0.15, -0.1) is 21.5 Å². The molecule has 4 aromatic rings. The van der Waals surface area contributed by atoms with Crippen LogP contribution in [0.2, 0.25) is 0 Å². The fourth-order valence-electron chi connectivity index (χ4n) is 2.58. The fraction of sp³-hybridized carbons (Fsp3) is 0.105. The van der Waals surface area contributed by atoms with Gasteiger partial charge in [-0.3, -0.25) is 9.47 Å². The van der Waals surface area contributed by atoms with Gasteiger partial charge in [-0.2, -0.15) is 0 Å². The van der Waals surface area contributed by atoms with E-state index in [4.69, 9.17) is 4.74 Å². The molecule has 0 fully saturated rings. The van der Waals surface area contributed by atoms with Crippen molar-refractivity contribution in [2.75, 3.05) is 18.2 Å². The maximum atomic E-state index is 12.3. The molecular formula is C19H17N5O2S2. The summed E-state index contributed by atoms with van der Waals surface area (Å²) >= 11 is 2.93. The zero-order valence-corrected chi connectivity index (χ0v) is 16.6. The molecule has 0 spiro atoms. The molecule has 0 unspecified atom stereocenters. The van der Waals surface area contributed by atoms with Gasteiger partial charge in [-0.1, -0.05) is 17.8 Å². The molecule has 28 heavy (non-hydrogen) atoms. The van der Waals surface area contributed by atoms with Gasteiger partial charge in [-0.05, 0) is 47.8 Å². The zero-order chi connectivity index (χ0) is 19.3. The average molecular weight is 412 g/mol. The highest BCUT2D eigenvalue weighted by molar-refractivity contribution is 7.99. The van der Waals surface area contributed by atoms with Crippen LogP contribution in [0.5, 0.6) is 5.75 Å². The number of nitrogens with one attached hydrogen (secondary N) is 1. The number of thiophene rings is 1. The van der Waals surface area contributed by atoms with E-state index in [2.05, 4.69) is 15.5 Å². The van der Waals surface area contributed by atoms with E-state index in [9.17, 15) is 4.79 Å². The third-order valence-electron chi connectivity index (χ3n) is 3.88. The van der Waals surface area contributed by atoms with E-state index in [-0.39, 0.29) is 11.7 Å². The molecule has 9 heteroatoms. The number of benzene rings is 1. The lowest BCUT2D eigenvalue weighted by Crippen LogP contribution is -2.15. The van der Waals surface area contributed by atoms with Gasteiger partial charge in [0.1, 0.15) is 5.75 Å². The molecule has 0 aliphatic carbocycles. The lowest BCUT2D eigenvalue weighted by molar-refractivity contribution is -0.113. The van der Waals surface area contributed by atoms with Gasteiger partial charge in [-0.25, -0.2) is 4.68 Å². The van der Waals surface area contributed by atoms with Crippen molar-refractivity contribution in [1.29, 1.82) is 0 Å². The normalized spacial score (nSPS) is 10.8. The van der Waals surface area contributed by atoms with E-state index in [0.717, 1.165) is 22.1 Å². The predicted octanol–water partition coefficient (Wildman–Crippen LogP) is 3.86. The summed E-state index contributed by atoms with van der Waals surface area (Å²) in [6, 6.07) is 15.1. The minimum Gasteiger partial charge on any atom is -0.497 e. The van der Waals surface area contributed by atoms with Gasteiger partial charge in [0.25, 0.3) is 0 Å². The third-order valence-corrected chi connectivity index (χ3v) is 5.66. The Kier molecular flexibility index (Phi) is 5.45. The van der Waals surface area contributed by atoms with Gasteiger partial charge < -0.3 is 10.1 Å². The van der Waals surface area contributed by atoms with E-state index in [1.807, 2.05) is 51.4 Å². The number of methoxy groups -OCH3 is 1. The Bertz CT molecular complexity index is 1040. The Labute approximate surface area is 170 Å². The van der Waals surface area contributed by atoms with E-state index in [1.54, 1.807) is 42.7 Å². The number of nitrogens with zero attached hydrogens (tertiary/aromatic N) is 4. The molecule has 7 nitrogen and oxygen atoms in total. The Morgan fingerprint density at radius 1 is 1.14 bits per heavy atom. The van der Waals surface area contributed by atoms with E-state index in [0.29, 0.717) is 5.16 Å². The van der Waals surface area contributed by atoms with E-state index < -0.39 is 0 Å².